The van der Waals surface area contributed by atoms with Crippen LogP contribution < -0.4 is 10.1 Å². The van der Waals surface area contributed by atoms with Gasteiger partial charge in [-0.2, -0.15) is 4.39 Å². The third-order valence-corrected chi connectivity index (χ3v) is 5.38. The van der Waals surface area contributed by atoms with E-state index in [1.807, 2.05) is 0 Å². The Labute approximate surface area is 174 Å². The Balaban J connectivity index is 2.01. The SMILES string of the molecule is COc1c(F)c(F)cc(C(=O)Nc2scc(-c3ccc(Br)cc3)c2C(=O)O)c1F. The summed E-state index contributed by atoms with van der Waals surface area (Å²) in [4.78, 5) is 24.2. The number of carbonyl (C=O) groups excluding carboxylic acids is 1. The van der Waals surface area contributed by atoms with Crippen LogP contribution in [0.4, 0.5) is 18.2 Å². The van der Waals surface area contributed by atoms with Crippen LogP contribution in [0.1, 0.15) is 20.7 Å². The maximum atomic E-state index is 14.3. The van der Waals surface area contributed by atoms with Crippen LogP contribution in [0.2, 0.25) is 0 Å². The monoisotopic (exact) mass is 485 g/mol. The molecule has 2 aromatic carbocycles. The Bertz CT molecular complexity index is 1120. The first-order valence-electron chi connectivity index (χ1n) is 7.88. The average molecular weight is 486 g/mol. The number of methoxy groups -OCH3 is 1. The predicted octanol–water partition coefficient (Wildman–Crippen LogP) is 5.55. The molecular formula is C19H11BrF3NO4S. The van der Waals surface area contributed by atoms with Gasteiger partial charge in [-0.05, 0) is 23.8 Å². The number of carbonyl (C=O) groups is 2. The van der Waals surface area contributed by atoms with Gasteiger partial charge in [0.1, 0.15) is 10.6 Å². The highest BCUT2D eigenvalue weighted by Crippen LogP contribution is 2.37. The summed E-state index contributed by atoms with van der Waals surface area (Å²) in [5.41, 5.74) is -0.104. The zero-order chi connectivity index (χ0) is 21.3. The molecule has 3 aromatic rings. The zero-order valence-corrected chi connectivity index (χ0v) is 17.0. The second kappa shape index (κ2) is 8.26. The van der Waals surface area contributed by atoms with Crippen LogP contribution in [0, 0.1) is 17.5 Å². The van der Waals surface area contributed by atoms with Crippen molar-refractivity contribution in [2.75, 3.05) is 12.4 Å². The molecule has 5 nitrogen and oxygen atoms in total. The lowest BCUT2D eigenvalue weighted by atomic mass is 10.0. The molecule has 0 spiro atoms. The molecule has 0 unspecified atom stereocenters. The van der Waals surface area contributed by atoms with E-state index in [2.05, 4.69) is 26.0 Å². The molecule has 1 heterocycles. The largest absolute Gasteiger partial charge is 0.491 e. The minimum atomic E-state index is -1.57. The molecule has 2 N–H and O–H groups in total. The number of thiophene rings is 1. The lowest BCUT2D eigenvalue weighted by molar-refractivity contribution is 0.0699. The Morgan fingerprint density at radius 2 is 1.79 bits per heavy atom. The topological polar surface area (TPSA) is 75.6 Å². The second-order valence-electron chi connectivity index (χ2n) is 5.69. The van der Waals surface area contributed by atoms with E-state index < -0.39 is 40.6 Å². The van der Waals surface area contributed by atoms with Gasteiger partial charge in [0, 0.05) is 15.4 Å². The van der Waals surface area contributed by atoms with Crippen molar-refractivity contribution >= 4 is 44.1 Å². The average Bonchev–Trinajstić information content (AvgIpc) is 3.09. The predicted molar refractivity (Wildman–Crippen MR) is 105 cm³/mol. The molecule has 1 amide bonds. The summed E-state index contributed by atoms with van der Waals surface area (Å²) in [6.07, 6.45) is 0. The van der Waals surface area contributed by atoms with E-state index in [0.717, 1.165) is 22.9 Å². The number of anilines is 1. The molecule has 0 aliphatic carbocycles. The Hall–Kier alpha value is -2.85. The summed E-state index contributed by atoms with van der Waals surface area (Å²) < 4.78 is 46.8. The molecule has 10 heteroatoms. The van der Waals surface area contributed by atoms with Crippen LogP contribution in [-0.2, 0) is 0 Å². The van der Waals surface area contributed by atoms with Crippen molar-refractivity contribution in [3.8, 4) is 16.9 Å². The van der Waals surface area contributed by atoms with Gasteiger partial charge in [-0.15, -0.1) is 11.3 Å². The number of aromatic carboxylic acids is 1. The van der Waals surface area contributed by atoms with Crippen LogP contribution in [0.5, 0.6) is 5.75 Å². The highest BCUT2D eigenvalue weighted by atomic mass is 79.9. The van der Waals surface area contributed by atoms with Crippen molar-refractivity contribution in [2.24, 2.45) is 0 Å². The summed E-state index contributed by atoms with van der Waals surface area (Å²) >= 11 is 4.19. The normalized spacial score (nSPS) is 10.7. The van der Waals surface area contributed by atoms with Gasteiger partial charge < -0.3 is 15.2 Å². The van der Waals surface area contributed by atoms with Gasteiger partial charge >= 0.3 is 5.97 Å². The highest BCUT2D eigenvalue weighted by molar-refractivity contribution is 9.10. The number of benzene rings is 2. The Kier molecular flexibility index (Phi) is 5.94. The van der Waals surface area contributed by atoms with Gasteiger partial charge in [-0.25, -0.2) is 13.6 Å². The van der Waals surface area contributed by atoms with E-state index in [9.17, 15) is 27.9 Å². The zero-order valence-electron chi connectivity index (χ0n) is 14.6. The van der Waals surface area contributed by atoms with Crippen LogP contribution in [0.25, 0.3) is 11.1 Å². The van der Waals surface area contributed by atoms with E-state index in [-0.39, 0.29) is 10.6 Å². The first-order chi connectivity index (χ1) is 13.7. The Morgan fingerprint density at radius 1 is 1.14 bits per heavy atom. The number of halogens is 4. The molecule has 0 saturated heterocycles. The smallest absolute Gasteiger partial charge is 0.339 e. The van der Waals surface area contributed by atoms with Crippen LogP contribution >= 0.6 is 27.3 Å². The molecule has 0 bridgehead atoms. The minimum Gasteiger partial charge on any atom is -0.491 e. The number of rotatable bonds is 5. The van der Waals surface area contributed by atoms with Gasteiger partial charge in [-0.3, -0.25) is 4.79 Å². The fourth-order valence-electron chi connectivity index (χ4n) is 2.60. The van der Waals surface area contributed by atoms with E-state index in [4.69, 9.17) is 0 Å². The third-order valence-electron chi connectivity index (χ3n) is 3.95. The van der Waals surface area contributed by atoms with Crippen LogP contribution in [-0.4, -0.2) is 24.1 Å². The summed E-state index contributed by atoms with van der Waals surface area (Å²) in [5, 5.41) is 13.3. The van der Waals surface area contributed by atoms with Gasteiger partial charge in [-0.1, -0.05) is 28.1 Å². The maximum absolute atomic E-state index is 14.3. The summed E-state index contributed by atoms with van der Waals surface area (Å²) in [6, 6.07) is 7.19. The molecule has 3 rings (SSSR count). The van der Waals surface area contributed by atoms with Crippen molar-refractivity contribution in [2.45, 2.75) is 0 Å². The quantitative estimate of drug-likeness (QED) is 0.464. The van der Waals surface area contributed by atoms with Gasteiger partial charge in [0.15, 0.2) is 17.4 Å². The number of carboxylic acids is 1. The Morgan fingerprint density at radius 3 is 2.38 bits per heavy atom. The van der Waals surface area contributed by atoms with Gasteiger partial charge in [0.05, 0.1) is 12.7 Å². The molecule has 0 atom stereocenters. The molecule has 150 valence electrons. The number of carboxylic acid groups (broad SMARTS) is 1. The van der Waals surface area contributed by atoms with Gasteiger partial charge in [0.25, 0.3) is 5.91 Å². The van der Waals surface area contributed by atoms with Crippen molar-refractivity contribution in [1.82, 2.24) is 0 Å². The van der Waals surface area contributed by atoms with Crippen molar-refractivity contribution < 1.29 is 32.6 Å². The van der Waals surface area contributed by atoms with Crippen molar-refractivity contribution in [3.05, 3.63) is 68.8 Å². The standard InChI is InChI=1S/C19H11BrF3NO4S/c1-28-16-14(22)10(6-12(21)15(16)23)17(25)24-18-13(19(26)27)11(7-29-18)8-2-4-9(20)5-3-8/h2-7H,1H3,(H,24,25)(H,26,27). The summed E-state index contributed by atoms with van der Waals surface area (Å²) in [7, 11) is 0.926. The van der Waals surface area contributed by atoms with E-state index in [1.165, 1.54) is 5.38 Å². The van der Waals surface area contributed by atoms with Crippen molar-refractivity contribution in [3.63, 3.8) is 0 Å². The van der Waals surface area contributed by atoms with Crippen LogP contribution in [0.3, 0.4) is 0 Å². The summed E-state index contributed by atoms with van der Waals surface area (Å²) in [6.45, 7) is 0. The molecule has 0 aliphatic rings. The van der Waals surface area contributed by atoms with Crippen molar-refractivity contribution in [1.29, 1.82) is 0 Å². The number of nitrogens with one attached hydrogen (secondary N) is 1. The first-order valence-corrected chi connectivity index (χ1v) is 9.55. The lowest BCUT2D eigenvalue weighted by Crippen LogP contribution is -2.16. The molecule has 0 aliphatic heterocycles. The lowest BCUT2D eigenvalue weighted by Gasteiger charge is -2.10. The fourth-order valence-corrected chi connectivity index (χ4v) is 3.82. The third kappa shape index (κ3) is 3.99. The summed E-state index contributed by atoms with van der Waals surface area (Å²) in [5.74, 6) is -7.95. The van der Waals surface area contributed by atoms with E-state index in [1.54, 1.807) is 24.3 Å². The van der Waals surface area contributed by atoms with Gasteiger partial charge in [0.2, 0.25) is 5.82 Å². The van der Waals surface area contributed by atoms with E-state index in [0.29, 0.717) is 17.2 Å². The molecule has 0 saturated carbocycles. The molecule has 29 heavy (non-hydrogen) atoms. The van der Waals surface area contributed by atoms with Crippen LogP contribution in [0.15, 0.2) is 40.2 Å². The molecule has 0 radical (unpaired) electrons. The first kappa shape index (κ1) is 20.9. The molecule has 0 fully saturated rings. The number of amides is 1. The number of hydrogen-bond donors (Lipinski definition) is 2. The minimum absolute atomic E-state index is 0.0801. The maximum Gasteiger partial charge on any atom is 0.339 e. The second-order valence-corrected chi connectivity index (χ2v) is 7.48. The number of ether oxygens (including phenoxy) is 1. The fraction of sp³-hybridized carbons (Fsp3) is 0.0526. The molecular weight excluding hydrogens is 475 g/mol. The van der Waals surface area contributed by atoms with E-state index >= 15 is 0 Å². The highest BCUT2D eigenvalue weighted by Gasteiger charge is 2.26. The molecule has 1 aromatic heterocycles. The number of hydrogen-bond acceptors (Lipinski definition) is 4.